The average Bonchev–Trinajstić information content (AvgIpc) is 2.89. The van der Waals surface area contributed by atoms with Crippen LogP contribution in [0.15, 0.2) is 24.3 Å². The first-order valence-electron chi connectivity index (χ1n) is 6.86. The van der Waals surface area contributed by atoms with E-state index in [0.29, 0.717) is 0 Å². The zero-order chi connectivity index (χ0) is 13.8. The van der Waals surface area contributed by atoms with Crippen LogP contribution in [0, 0.1) is 0 Å². The van der Waals surface area contributed by atoms with Gasteiger partial charge in [-0.25, -0.2) is 0 Å². The Morgan fingerprint density at radius 1 is 1.21 bits per heavy atom. The van der Waals surface area contributed by atoms with E-state index in [2.05, 4.69) is 30.0 Å². The van der Waals surface area contributed by atoms with E-state index in [1.807, 2.05) is 6.07 Å². The minimum atomic E-state index is 0.0822. The number of methoxy groups -OCH3 is 2. The van der Waals surface area contributed by atoms with Crippen molar-refractivity contribution in [2.24, 2.45) is 5.73 Å². The van der Waals surface area contributed by atoms with Crippen molar-refractivity contribution in [3.05, 3.63) is 29.8 Å². The van der Waals surface area contributed by atoms with Gasteiger partial charge in [0.05, 0.1) is 0 Å². The molecule has 1 aliphatic rings. The Kier molecular flexibility index (Phi) is 4.80. The van der Waals surface area contributed by atoms with Crippen LogP contribution in [0.25, 0.3) is 0 Å². The predicted octanol–water partition coefficient (Wildman–Crippen LogP) is 1.95. The maximum atomic E-state index is 6.21. The fraction of sp³-hybridized carbons (Fsp3) is 0.600. The molecule has 0 radical (unpaired) electrons. The molecular formula is C15H24N2O2. The summed E-state index contributed by atoms with van der Waals surface area (Å²) in [7, 11) is 3.48. The number of nitrogens with two attached hydrogens (primary N) is 1. The van der Waals surface area contributed by atoms with Crippen molar-refractivity contribution in [1.29, 1.82) is 0 Å². The van der Waals surface area contributed by atoms with E-state index in [1.165, 1.54) is 11.3 Å². The Morgan fingerprint density at radius 2 is 1.79 bits per heavy atom. The number of hydrogen-bond donors (Lipinski definition) is 1. The Morgan fingerprint density at radius 3 is 2.32 bits per heavy atom. The molecule has 1 aromatic carbocycles. The fourth-order valence-corrected chi connectivity index (χ4v) is 2.70. The Bertz CT molecular complexity index is 399. The van der Waals surface area contributed by atoms with Gasteiger partial charge < -0.3 is 20.1 Å². The number of rotatable bonds is 5. The fourth-order valence-electron chi connectivity index (χ4n) is 2.70. The van der Waals surface area contributed by atoms with Gasteiger partial charge in [0, 0.05) is 39.0 Å². The van der Waals surface area contributed by atoms with Crippen LogP contribution in [0.1, 0.15) is 24.9 Å². The predicted molar refractivity (Wildman–Crippen MR) is 77.5 cm³/mol. The standard InChI is InChI=1S/C15H24N2O2/c1-4-12(16)11-7-5-6-8-13(11)17-9-14(18-2)15(10-17)19-3/h5-8,12,14-15H,4,9-10,16H2,1-3H3/t12-,14?,15?/m1/s1. The van der Waals surface area contributed by atoms with E-state index in [4.69, 9.17) is 15.2 Å². The molecule has 19 heavy (non-hydrogen) atoms. The number of anilines is 1. The SMILES string of the molecule is CC[C@@H](N)c1ccccc1N1CC(OC)C(OC)C1. The van der Waals surface area contributed by atoms with Gasteiger partial charge in [-0.05, 0) is 18.1 Å². The molecule has 2 unspecified atom stereocenters. The number of nitrogens with zero attached hydrogens (tertiary/aromatic N) is 1. The molecule has 0 amide bonds. The largest absolute Gasteiger partial charge is 0.377 e. The van der Waals surface area contributed by atoms with Gasteiger partial charge in [-0.1, -0.05) is 25.1 Å². The lowest BCUT2D eigenvalue weighted by atomic mass is 10.0. The summed E-state index contributed by atoms with van der Waals surface area (Å²) in [4.78, 5) is 2.31. The highest BCUT2D eigenvalue weighted by Gasteiger charge is 2.34. The monoisotopic (exact) mass is 264 g/mol. The lowest BCUT2D eigenvalue weighted by Gasteiger charge is -2.24. The molecule has 1 aromatic rings. The third-order valence-electron chi connectivity index (χ3n) is 3.94. The Labute approximate surface area is 115 Å². The first-order valence-corrected chi connectivity index (χ1v) is 6.86. The molecular weight excluding hydrogens is 240 g/mol. The van der Waals surface area contributed by atoms with E-state index >= 15 is 0 Å². The minimum Gasteiger partial charge on any atom is -0.377 e. The molecule has 2 rings (SSSR count). The molecule has 3 atom stereocenters. The number of ether oxygens (including phenoxy) is 2. The molecule has 4 heteroatoms. The summed E-state index contributed by atoms with van der Waals surface area (Å²) in [5.41, 5.74) is 8.62. The van der Waals surface area contributed by atoms with Crippen LogP contribution in [0.5, 0.6) is 0 Å². The van der Waals surface area contributed by atoms with E-state index in [1.54, 1.807) is 14.2 Å². The summed E-state index contributed by atoms with van der Waals surface area (Å²) < 4.78 is 11.0. The van der Waals surface area contributed by atoms with Crippen molar-refractivity contribution >= 4 is 5.69 Å². The van der Waals surface area contributed by atoms with E-state index in [-0.39, 0.29) is 18.2 Å². The smallest absolute Gasteiger partial charge is 0.102 e. The van der Waals surface area contributed by atoms with Crippen LogP contribution in [-0.2, 0) is 9.47 Å². The van der Waals surface area contributed by atoms with Gasteiger partial charge in [-0.15, -0.1) is 0 Å². The van der Waals surface area contributed by atoms with E-state index in [9.17, 15) is 0 Å². The van der Waals surface area contributed by atoms with Gasteiger partial charge in [-0.2, -0.15) is 0 Å². The van der Waals surface area contributed by atoms with Crippen LogP contribution in [0.2, 0.25) is 0 Å². The van der Waals surface area contributed by atoms with Crippen LogP contribution in [-0.4, -0.2) is 39.5 Å². The van der Waals surface area contributed by atoms with Gasteiger partial charge >= 0.3 is 0 Å². The van der Waals surface area contributed by atoms with Gasteiger partial charge in [0.2, 0.25) is 0 Å². The molecule has 1 heterocycles. The average molecular weight is 264 g/mol. The van der Waals surface area contributed by atoms with Crippen molar-refractivity contribution in [2.75, 3.05) is 32.2 Å². The highest BCUT2D eigenvalue weighted by molar-refractivity contribution is 5.56. The second-order valence-electron chi connectivity index (χ2n) is 5.03. The molecule has 1 aliphatic heterocycles. The maximum Gasteiger partial charge on any atom is 0.102 e. The molecule has 0 aliphatic carbocycles. The van der Waals surface area contributed by atoms with Crippen LogP contribution >= 0.6 is 0 Å². The second kappa shape index (κ2) is 6.37. The molecule has 4 nitrogen and oxygen atoms in total. The lowest BCUT2D eigenvalue weighted by molar-refractivity contribution is -0.00461. The summed E-state index contributed by atoms with van der Waals surface area (Å²) in [5, 5.41) is 0. The molecule has 1 saturated heterocycles. The van der Waals surface area contributed by atoms with Crippen LogP contribution in [0.3, 0.4) is 0 Å². The van der Waals surface area contributed by atoms with Crippen LogP contribution in [0.4, 0.5) is 5.69 Å². The molecule has 0 saturated carbocycles. The Balaban J connectivity index is 2.23. The third-order valence-corrected chi connectivity index (χ3v) is 3.94. The second-order valence-corrected chi connectivity index (χ2v) is 5.03. The molecule has 106 valence electrons. The van der Waals surface area contributed by atoms with Crippen molar-refractivity contribution in [2.45, 2.75) is 31.6 Å². The Hall–Kier alpha value is -1.10. The zero-order valence-electron chi connectivity index (χ0n) is 12.0. The molecule has 0 aromatic heterocycles. The highest BCUT2D eigenvalue weighted by atomic mass is 16.5. The molecule has 0 bridgehead atoms. The number of para-hydroxylation sites is 1. The summed E-state index contributed by atoms with van der Waals surface area (Å²) in [5.74, 6) is 0. The normalized spacial score (nSPS) is 24.7. The highest BCUT2D eigenvalue weighted by Crippen LogP contribution is 2.30. The van der Waals surface area contributed by atoms with Crippen molar-refractivity contribution in [3.63, 3.8) is 0 Å². The van der Waals surface area contributed by atoms with Gasteiger partial charge in [0.25, 0.3) is 0 Å². The van der Waals surface area contributed by atoms with Crippen molar-refractivity contribution in [1.82, 2.24) is 0 Å². The summed E-state index contributed by atoms with van der Waals surface area (Å²) >= 11 is 0. The summed E-state index contributed by atoms with van der Waals surface area (Å²) in [6.07, 6.45) is 1.18. The van der Waals surface area contributed by atoms with Crippen molar-refractivity contribution < 1.29 is 9.47 Å². The van der Waals surface area contributed by atoms with Crippen molar-refractivity contribution in [3.8, 4) is 0 Å². The summed E-state index contributed by atoms with van der Waals surface area (Å²) in [6, 6.07) is 8.44. The van der Waals surface area contributed by atoms with Gasteiger partial charge in [-0.3, -0.25) is 0 Å². The lowest BCUT2D eigenvalue weighted by Crippen LogP contribution is -2.27. The quantitative estimate of drug-likeness (QED) is 0.883. The molecule has 0 spiro atoms. The van der Waals surface area contributed by atoms with E-state index < -0.39 is 0 Å². The topological polar surface area (TPSA) is 47.7 Å². The summed E-state index contributed by atoms with van der Waals surface area (Å²) in [6.45, 7) is 3.81. The number of hydrogen-bond acceptors (Lipinski definition) is 4. The van der Waals surface area contributed by atoms with E-state index in [0.717, 1.165) is 19.5 Å². The first kappa shape index (κ1) is 14.3. The first-order chi connectivity index (χ1) is 9.21. The van der Waals surface area contributed by atoms with Gasteiger partial charge in [0.1, 0.15) is 12.2 Å². The van der Waals surface area contributed by atoms with Gasteiger partial charge in [0.15, 0.2) is 0 Å². The number of benzene rings is 1. The third kappa shape index (κ3) is 2.91. The zero-order valence-corrected chi connectivity index (χ0v) is 12.0. The minimum absolute atomic E-state index is 0.0822. The maximum absolute atomic E-state index is 6.21. The molecule has 1 fully saturated rings. The van der Waals surface area contributed by atoms with Crippen LogP contribution < -0.4 is 10.6 Å². The molecule has 2 N–H and O–H groups in total.